The molecule has 4 aliphatic rings. The molecule has 0 aromatic heterocycles. The molecular weight excluding hydrogens is 622 g/mol. The van der Waals surface area contributed by atoms with Gasteiger partial charge in [0.15, 0.2) is 0 Å². The fourth-order valence-electron chi connectivity index (χ4n) is 5.60. The van der Waals surface area contributed by atoms with E-state index in [4.69, 9.17) is 14.2 Å². The maximum Gasteiger partial charge on any atom is 0.410 e. The van der Waals surface area contributed by atoms with Crippen molar-refractivity contribution < 1.29 is 46.6 Å². The molecule has 2 heterocycles. The van der Waals surface area contributed by atoms with Crippen LogP contribution in [0.5, 0.6) is 0 Å². The first-order valence-corrected chi connectivity index (χ1v) is 17.2. The molecule has 4 rings (SSSR count). The fraction of sp³-hybridized carbons (Fsp3) is 0.767. The average Bonchev–Trinajstić information content (AvgIpc) is 3.87. The summed E-state index contributed by atoms with van der Waals surface area (Å²) in [6.45, 7) is 15.2. The highest BCUT2D eigenvalue weighted by Gasteiger charge is 2.62. The maximum absolute atomic E-state index is 14.2. The van der Waals surface area contributed by atoms with Gasteiger partial charge in [0.05, 0.1) is 25.0 Å². The van der Waals surface area contributed by atoms with Crippen molar-refractivity contribution in [2.45, 2.75) is 102 Å². The van der Waals surface area contributed by atoms with E-state index in [-0.39, 0.29) is 19.4 Å². The predicted octanol–water partition coefficient (Wildman–Crippen LogP) is 1.03. The Morgan fingerprint density at radius 1 is 1.04 bits per heavy atom. The zero-order valence-corrected chi connectivity index (χ0v) is 28.2. The van der Waals surface area contributed by atoms with Crippen LogP contribution in [0.15, 0.2) is 12.7 Å². The van der Waals surface area contributed by atoms with E-state index >= 15 is 0 Å². The van der Waals surface area contributed by atoms with Crippen LogP contribution in [0.1, 0.15) is 67.2 Å². The number of nitrogens with one attached hydrogen (secondary N) is 3. The van der Waals surface area contributed by atoms with E-state index in [9.17, 15) is 32.4 Å². The normalized spacial score (nSPS) is 27.2. The number of nitrogens with zero attached hydrogens (tertiary/aromatic N) is 2. The van der Waals surface area contributed by atoms with Crippen molar-refractivity contribution in [1.82, 2.24) is 25.2 Å². The van der Waals surface area contributed by atoms with Gasteiger partial charge >= 0.3 is 12.2 Å². The van der Waals surface area contributed by atoms with Crippen LogP contribution in [0, 0.1) is 11.3 Å². The number of carbonyl (C=O) groups excluding carboxylic acids is 5. The van der Waals surface area contributed by atoms with E-state index < -0.39 is 85.8 Å². The Kier molecular flexibility index (Phi) is 10.0. The quantitative estimate of drug-likeness (QED) is 0.299. The number of ether oxygens (including phenoxy) is 3. The molecule has 5 amide bonds. The highest BCUT2D eigenvalue weighted by Crippen LogP contribution is 2.45. The van der Waals surface area contributed by atoms with Gasteiger partial charge < -0.3 is 34.6 Å². The van der Waals surface area contributed by atoms with Gasteiger partial charge in [-0.3, -0.25) is 19.1 Å². The van der Waals surface area contributed by atoms with E-state index in [1.807, 2.05) is 0 Å². The summed E-state index contributed by atoms with van der Waals surface area (Å²) in [5.74, 6) is -2.76. The number of morpholine rings is 1. The molecule has 0 aromatic rings. The minimum Gasteiger partial charge on any atom is -0.444 e. The second kappa shape index (κ2) is 13.0. The molecule has 0 aromatic carbocycles. The van der Waals surface area contributed by atoms with Gasteiger partial charge in [-0.25, -0.2) is 18.0 Å². The van der Waals surface area contributed by atoms with Gasteiger partial charge in [-0.1, -0.05) is 26.8 Å². The number of rotatable bonds is 9. The highest BCUT2D eigenvalue weighted by molar-refractivity contribution is 7.91. The maximum atomic E-state index is 14.2. The van der Waals surface area contributed by atoms with Crippen LogP contribution in [0.3, 0.4) is 0 Å². The fourth-order valence-corrected chi connectivity index (χ4v) is 6.96. The van der Waals surface area contributed by atoms with Crippen molar-refractivity contribution in [3.63, 3.8) is 0 Å². The third-order valence-electron chi connectivity index (χ3n) is 8.41. The van der Waals surface area contributed by atoms with E-state index in [2.05, 4.69) is 21.9 Å². The van der Waals surface area contributed by atoms with Crippen molar-refractivity contribution in [3.8, 4) is 0 Å². The summed E-state index contributed by atoms with van der Waals surface area (Å²) >= 11 is 0. The van der Waals surface area contributed by atoms with Crippen LogP contribution in [0.4, 0.5) is 9.59 Å². The van der Waals surface area contributed by atoms with Gasteiger partial charge in [0.25, 0.3) is 5.91 Å². The standard InChI is InChI=1S/C30H47N5O10S/c1-8-18-16-30(18,25(38)33-46(41,42)20-9-10-20)32-23(36)21-15-19(44-27(40)34-11-13-43-14-12-34)17-35(21)24(37)22(28(2,3)4)31-26(39)45-29(5,6)7/h8,18-22H,1,9-17H2,2-7H3,(H,31,39)(H,32,36)(H,33,38)/t18?,19-,21+,22-,30-/m1/s1. The molecule has 4 fully saturated rings. The Morgan fingerprint density at radius 2 is 1.67 bits per heavy atom. The van der Waals surface area contributed by atoms with E-state index in [1.165, 1.54) is 15.9 Å². The Balaban J connectivity index is 1.58. The summed E-state index contributed by atoms with van der Waals surface area (Å²) in [5.41, 5.74) is -3.24. The number of amides is 5. The van der Waals surface area contributed by atoms with Crippen LogP contribution in [-0.2, 0) is 38.6 Å². The molecular formula is C30H47N5O10S. The largest absolute Gasteiger partial charge is 0.444 e. The minimum atomic E-state index is -3.90. The Labute approximate surface area is 270 Å². The lowest BCUT2D eigenvalue weighted by atomic mass is 9.85. The summed E-state index contributed by atoms with van der Waals surface area (Å²) in [6.07, 6.45) is 0.0709. The first-order valence-electron chi connectivity index (χ1n) is 15.6. The predicted molar refractivity (Wildman–Crippen MR) is 165 cm³/mol. The molecule has 1 unspecified atom stereocenters. The molecule has 2 saturated heterocycles. The van der Waals surface area contributed by atoms with Crippen LogP contribution in [0.25, 0.3) is 0 Å². The molecule has 16 heteroatoms. The second-order valence-corrected chi connectivity index (χ2v) is 16.4. The monoisotopic (exact) mass is 669 g/mol. The first-order chi connectivity index (χ1) is 21.3. The van der Waals surface area contributed by atoms with Crippen LogP contribution >= 0.6 is 0 Å². The molecule has 5 atom stereocenters. The topological polar surface area (TPSA) is 190 Å². The van der Waals surface area contributed by atoms with Crippen molar-refractivity contribution in [1.29, 1.82) is 0 Å². The third-order valence-corrected chi connectivity index (χ3v) is 10.2. The molecule has 0 spiro atoms. The summed E-state index contributed by atoms with van der Waals surface area (Å²) in [5, 5.41) is 4.69. The van der Waals surface area contributed by atoms with E-state index in [1.54, 1.807) is 41.5 Å². The second-order valence-electron chi connectivity index (χ2n) is 14.5. The minimum absolute atomic E-state index is 0.0895. The van der Waals surface area contributed by atoms with Crippen LogP contribution in [0.2, 0.25) is 0 Å². The summed E-state index contributed by atoms with van der Waals surface area (Å²) < 4.78 is 43.6. The number of sulfonamides is 1. The molecule has 2 saturated carbocycles. The zero-order chi connectivity index (χ0) is 34.2. The Hall–Kier alpha value is -3.40. The lowest BCUT2D eigenvalue weighted by Gasteiger charge is -2.36. The first kappa shape index (κ1) is 35.5. The zero-order valence-electron chi connectivity index (χ0n) is 27.4. The highest BCUT2D eigenvalue weighted by atomic mass is 32.2. The number of hydrogen-bond donors (Lipinski definition) is 3. The van der Waals surface area contributed by atoms with Crippen molar-refractivity contribution in [2.24, 2.45) is 11.3 Å². The third kappa shape index (κ3) is 8.30. The lowest BCUT2D eigenvalue weighted by molar-refractivity contribution is -0.143. The van der Waals surface area contributed by atoms with E-state index in [0.717, 1.165) is 0 Å². The van der Waals surface area contributed by atoms with Crippen molar-refractivity contribution in [3.05, 3.63) is 12.7 Å². The van der Waals surface area contributed by atoms with Gasteiger partial charge in [-0.15, -0.1) is 6.58 Å². The molecule has 3 N–H and O–H groups in total. The number of likely N-dealkylation sites (tertiary alicyclic amines) is 1. The molecule has 46 heavy (non-hydrogen) atoms. The lowest BCUT2D eigenvalue weighted by Crippen LogP contribution is -2.60. The van der Waals surface area contributed by atoms with Gasteiger partial charge in [-0.05, 0) is 45.4 Å². The molecule has 258 valence electrons. The smallest absolute Gasteiger partial charge is 0.410 e. The number of carbonyl (C=O) groups is 5. The summed E-state index contributed by atoms with van der Waals surface area (Å²) in [6, 6.07) is -2.36. The molecule has 2 aliphatic carbocycles. The molecule has 0 radical (unpaired) electrons. The Morgan fingerprint density at radius 3 is 2.20 bits per heavy atom. The Bertz CT molecular complexity index is 1350. The van der Waals surface area contributed by atoms with Crippen LogP contribution in [-0.4, -0.2) is 116 Å². The van der Waals surface area contributed by atoms with Gasteiger partial charge in [-0.2, -0.15) is 0 Å². The van der Waals surface area contributed by atoms with Crippen LogP contribution < -0.4 is 15.4 Å². The van der Waals surface area contributed by atoms with Gasteiger partial charge in [0.2, 0.25) is 21.8 Å². The van der Waals surface area contributed by atoms with Crippen molar-refractivity contribution >= 4 is 39.9 Å². The summed E-state index contributed by atoms with van der Waals surface area (Å²) in [4.78, 5) is 69.8. The number of alkyl carbamates (subject to hydrolysis) is 1. The SMILES string of the molecule is C=CC1C[C@]1(NC(=O)[C@@H]1C[C@@H](OC(=O)N2CCOCC2)CN1C(=O)[C@@H](NC(=O)OC(C)(C)C)C(C)(C)C)C(=O)NS(=O)(=O)C1CC1. The molecule has 2 aliphatic heterocycles. The molecule has 15 nitrogen and oxygen atoms in total. The summed E-state index contributed by atoms with van der Waals surface area (Å²) in [7, 11) is -3.90. The van der Waals surface area contributed by atoms with E-state index in [0.29, 0.717) is 39.1 Å². The van der Waals surface area contributed by atoms with Crippen molar-refractivity contribution in [2.75, 3.05) is 32.8 Å². The number of hydrogen-bond acceptors (Lipinski definition) is 10. The molecule has 0 bridgehead atoms. The van der Waals surface area contributed by atoms with Gasteiger partial charge in [0.1, 0.15) is 29.3 Å². The average molecular weight is 670 g/mol. The van der Waals surface area contributed by atoms with Gasteiger partial charge in [0, 0.05) is 25.4 Å².